The maximum absolute atomic E-state index is 5.62. The number of benzene rings is 1. The van der Waals surface area contributed by atoms with E-state index in [-0.39, 0.29) is 0 Å². The van der Waals surface area contributed by atoms with Crippen molar-refractivity contribution in [3.63, 3.8) is 0 Å². The molecule has 94 valence electrons. The molecule has 1 N–H and O–H groups in total. The normalized spacial score (nSPS) is 10.1. The van der Waals surface area contributed by atoms with Gasteiger partial charge in [-0.2, -0.15) is 0 Å². The van der Waals surface area contributed by atoms with Crippen LogP contribution in [0.1, 0.15) is 5.69 Å². The fraction of sp³-hybridized carbons (Fsp3) is 0.214. The fourth-order valence-corrected chi connectivity index (χ4v) is 1.43. The van der Waals surface area contributed by atoms with Gasteiger partial charge in [0, 0.05) is 6.20 Å². The van der Waals surface area contributed by atoms with E-state index in [9.17, 15) is 0 Å². The minimum Gasteiger partial charge on any atom is -0.487 e. The first-order valence-electron chi connectivity index (χ1n) is 5.78. The molecule has 1 aromatic carbocycles. The van der Waals surface area contributed by atoms with Crippen LogP contribution in [0.4, 0.5) is 0 Å². The number of aromatic nitrogens is 1. The predicted octanol–water partition coefficient (Wildman–Crippen LogP) is 2.22. The lowest BCUT2D eigenvalue weighted by atomic mass is 10.3. The molecular formula is C14H16N2O2. The molecule has 0 aliphatic rings. The summed E-state index contributed by atoms with van der Waals surface area (Å²) in [6, 6.07) is 13.3. The van der Waals surface area contributed by atoms with Crippen LogP contribution in [0.15, 0.2) is 48.7 Å². The van der Waals surface area contributed by atoms with Crippen molar-refractivity contribution in [1.82, 2.24) is 10.3 Å². The van der Waals surface area contributed by atoms with E-state index in [0.29, 0.717) is 13.3 Å². The second kappa shape index (κ2) is 6.61. The van der Waals surface area contributed by atoms with E-state index >= 15 is 0 Å². The quantitative estimate of drug-likeness (QED) is 0.791. The average molecular weight is 244 g/mol. The maximum Gasteiger partial charge on any atom is 0.139 e. The van der Waals surface area contributed by atoms with Crippen molar-refractivity contribution in [3.8, 4) is 11.5 Å². The molecule has 18 heavy (non-hydrogen) atoms. The van der Waals surface area contributed by atoms with Crippen LogP contribution in [0.3, 0.4) is 0 Å². The second-order valence-electron chi connectivity index (χ2n) is 3.72. The molecule has 0 spiro atoms. The highest BCUT2D eigenvalue weighted by Crippen LogP contribution is 2.18. The summed E-state index contributed by atoms with van der Waals surface area (Å²) >= 11 is 0. The van der Waals surface area contributed by atoms with Gasteiger partial charge in [0.2, 0.25) is 0 Å². The third-order valence-electron chi connectivity index (χ3n) is 2.32. The smallest absolute Gasteiger partial charge is 0.139 e. The Morgan fingerprint density at radius 3 is 2.33 bits per heavy atom. The van der Waals surface area contributed by atoms with Crippen LogP contribution in [0.2, 0.25) is 0 Å². The summed E-state index contributed by atoms with van der Waals surface area (Å²) in [6.07, 6.45) is 1.76. The van der Waals surface area contributed by atoms with Crippen LogP contribution >= 0.6 is 0 Å². The third-order valence-corrected chi connectivity index (χ3v) is 2.32. The van der Waals surface area contributed by atoms with Crippen molar-refractivity contribution in [1.29, 1.82) is 0 Å². The van der Waals surface area contributed by atoms with E-state index in [4.69, 9.17) is 9.47 Å². The zero-order valence-electron chi connectivity index (χ0n) is 10.3. The van der Waals surface area contributed by atoms with Crippen molar-refractivity contribution in [2.45, 2.75) is 6.61 Å². The summed E-state index contributed by atoms with van der Waals surface area (Å²) in [4.78, 5) is 4.19. The standard InChI is InChI=1S/C14H16N2O2/c1-15-11-18-14-7-5-13(6-8-14)17-10-12-4-2-3-9-16-12/h2-9,15H,10-11H2,1H3. The van der Waals surface area contributed by atoms with Gasteiger partial charge in [-0.15, -0.1) is 0 Å². The molecule has 2 aromatic rings. The van der Waals surface area contributed by atoms with E-state index in [1.165, 1.54) is 0 Å². The highest BCUT2D eigenvalue weighted by Gasteiger charge is 1.97. The highest BCUT2D eigenvalue weighted by molar-refractivity contribution is 5.31. The number of rotatable bonds is 6. The molecule has 0 amide bonds. The van der Waals surface area contributed by atoms with Gasteiger partial charge < -0.3 is 9.47 Å². The van der Waals surface area contributed by atoms with Gasteiger partial charge in [0.25, 0.3) is 0 Å². The monoisotopic (exact) mass is 244 g/mol. The van der Waals surface area contributed by atoms with Crippen molar-refractivity contribution in [2.24, 2.45) is 0 Å². The molecule has 0 radical (unpaired) electrons. The molecular weight excluding hydrogens is 228 g/mol. The first kappa shape index (κ1) is 12.4. The largest absolute Gasteiger partial charge is 0.487 e. The zero-order valence-corrected chi connectivity index (χ0v) is 10.3. The van der Waals surface area contributed by atoms with Crippen molar-refractivity contribution < 1.29 is 9.47 Å². The molecule has 1 heterocycles. The van der Waals surface area contributed by atoms with Crippen LogP contribution in [0.5, 0.6) is 11.5 Å². The minimum absolute atomic E-state index is 0.470. The van der Waals surface area contributed by atoms with Crippen LogP contribution in [-0.4, -0.2) is 18.8 Å². The summed E-state index contributed by atoms with van der Waals surface area (Å²) in [5.74, 6) is 1.62. The Labute approximate surface area is 107 Å². The molecule has 0 saturated carbocycles. The molecule has 2 rings (SSSR count). The number of hydrogen-bond acceptors (Lipinski definition) is 4. The molecule has 0 saturated heterocycles. The number of ether oxygens (including phenoxy) is 2. The van der Waals surface area contributed by atoms with Crippen LogP contribution in [0, 0.1) is 0 Å². The van der Waals surface area contributed by atoms with Crippen molar-refractivity contribution >= 4 is 0 Å². The van der Waals surface area contributed by atoms with Crippen molar-refractivity contribution in [2.75, 3.05) is 13.8 Å². The van der Waals surface area contributed by atoms with Gasteiger partial charge in [-0.3, -0.25) is 10.3 Å². The van der Waals surface area contributed by atoms with Crippen LogP contribution < -0.4 is 14.8 Å². The minimum atomic E-state index is 0.470. The van der Waals surface area contributed by atoms with Crippen molar-refractivity contribution in [3.05, 3.63) is 54.4 Å². The van der Waals surface area contributed by atoms with E-state index in [1.54, 1.807) is 6.20 Å². The first-order valence-corrected chi connectivity index (χ1v) is 5.78. The Hall–Kier alpha value is -2.07. The molecule has 0 aliphatic carbocycles. The Morgan fingerprint density at radius 2 is 1.72 bits per heavy atom. The predicted molar refractivity (Wildman–Crippen MR) is 69.6 cm³/mol. The van der Waals surface area contributed by atoms with E-state index in [1.807, 2.05) is 49.5 Å². The summed E-state index contributed by atoms with van der Waals surface area (Å²) in [7, 11) is 1.84. The molecule has 0 atom stereocenters. The number of nitrogens with zero attached hydrogens (tertiary/aromatic N) is 1. The van der Waals surface area contributed by atoms with Gasteiger partial charge in [-0.05, 0) is 43.4 Å². The zero-order chi connectivity index (χ0) is 12.6. The Kier molecular flexibility index (Phi) is 4.55. The molecule has 1 aromatic heterocycles. The third kappa shape index (κ3) is 3.75. The molecule has 4 nitrogen and oxygen atoms in total. The molecule has 4 heteroatoms. The van der Waals surface area contributed by atoms with E-state index in [2.05, 4.69) is 10.3 Å². The summed E-state index contributed by atoms with van der Waals surface area (Å²) in [5, 5.41) is 2.92. The van der Waals surface area contributed by atoms with Gasteiger partial charge in [-0.25, -0.2) is 0 Å². The van der Waals surface area contributed by atoms with Gasteiger partial charge >= 0.3 is 0 Å². The number of pyridine rings is 1. The maximum atomic E-state index is 5.62. The van der Waals surface area contributed by atoms with Crippen LogP contribution in [0.25, 0.3) is 0 Å². The molecule has 0 aliphatic heterocycles. The fourth-order valence-electron chi connectivity index (χ4n) is 1.43. The second-order valence-corrected chi connectivity index (χ2v) is 3.72. The van der Waals surface area contributed by atoms with Crippen LogP contribution in [-0.2, 0) is 6.61 Å². The summed E-state index contributed by atoms with van der Waals surface area (Å²) in [6.45, 7) is 0.964. The first-order chi connectivity index (χ1) is 8.88. The summed E-state index contributed by atoms with van der Waals surface area (Å²) < 4.78 is 11.0. The molecule has 0 unspecified atom stereocenters. The topological polar surface area (TPSA) is 43.4 Å². The average Bonchev–Trinajstić information content (AvgIpc) is 2.45. The van der Waals surface area contributed by atoms with E-state index < -0.39 is 0 Å². The molecule has 0 fully saturated rings. The van der Waals surface area contributed by atoms with Gasteiger partial charge in [0.1, 0.15) is 24.8 Å². The van der Waals surface area contributed by atoms with Gasteiger partial charge in [0.05, 0.1) is 5.69 Å². The number of hydrogen-bond donors (Lipinski definition) is 1. The SMILES string of the molecule is CNCOc1ccc(OCc2ccccn2)cc1. The lowest BCUT2D eigenvalue weighted by Gasteiger charge is -2.08. The Morgan fingerprint density at radius 1 is 1.00 bits per heavy atom. The summed E-state index contributed by atoms with van der Waals surface area (Å²) in [5.41, 5.74) is 0.910. The highest BCUT2D eigenvalue weighted by atomic mass is 16.5. The lowest BCUT2D eigenvalue weighted by Crippen LogP contribution is -2.13. The van der Waals surface area contributed by atoms with Gasteiger partial charge in [-0.1, -0.05) is 6.07 Å². The Balaban J connectivity index is 1.86. The molecule has 0 bridgehead atoms. The van der Waals surface area contributed by atoms with Gasteiger partial charge in [0.15, 0.2) is 0 Å². The number of nitrogens with one attached hydrogen (secondary N) is 1. The van der Waals surface area contributed by atoms with E-state index in [0.717, 1.165) is 17.2 Å². The lowest BCUT2D eigenvalue weighted by molar-refractivity contribution is 0.290. The Bertz CT molecular complexity index is 457.